The minimum atomic E-state index is -0.719. The summed E-state index contributed by atoms with van der Waals surface area (Å²) in [7, 11) is 1.42. The first-order valence-electron chi connectivity index (χ1n) is 11.5. The lowest BCUT2D eigenvalue weighted by Gasteiger charge is -2.37. The van der Waals surface area contributed by atoms with Crippen LogP contribution in [0.15, 0.2) is 109 Å². The third kappa shape index (κ3) is 3.92. The molecule has 170 valence electrons. The van der Waals surface area contributed by atoms with Gasteiger partial charge >= 0.3 is 5.97 Å². The molecule has 0 heterocycles. The van der Waals surface area contributed by atoms with Crippen LogP contribution in [-0.4, -0.2) is 25.7 Å². The molecule has 0 aromatic heterocycles. The number of ether oxygens (including phenoxy) is 2. The fourth-order valence-electron chi connectivity index (χ4n) is 4.91. The zero-order valence-corrected chi connectivity index (χ0v) is 19.1. The summed E-state index contributed by atoms with van der Waals surface area (Å²) < 4.78 is 11.2. The average Bonchev–Trinajstić information content (AvgIpc) is 3.19. The van der Waals surface area contributed by atoms with Crippen molar-refractivity contribution in [3.8, 4) is 11.1 Å². The summed E-state index contributed by atoms with van der Waals surface area (Å²) in [6.07, 6.45) is 0. The van der Waals surface area contributed by atoms with E-state index in [0.29, 0.717) is 6.61 Å². The highest BCUT2D eigenvalue weighted by Gasteiger charge is 2.46. The fourth-order valence-corrected chi connectivity index (χ4v) is 4.91. The Morgan fingerprint density at radius 1 is 0.765 bits per heavy atom. The topological polar surface area (TPSA) is 47.6 Å². The second kappa shape index (κ2) is 9.64. The number of nitrogens with one attached hydrogen (secondary N) is 1. The maximum absolute atomic E-state index is 13.0. The molecule has 1 aliphatic rings. The number of esters is 1. The molecule has 34 heavy (non-hydrogen) atoms. The van der Waals surface area contributed by atoms with E-state index in [-0.39, 0.29) is 12.6 Å². The van der Waals surface area contributed by atoms with Crippen molar-refractivity contribution in [1.29, 1.82) is 0 Å². The maximum Gasteiger partial charge on any atom is 0.325 e. The predicted molar refractivity (Wildman–Crippen MR) is 133 cm³/mol. The molecule has 1 atom stereocenters. The van der Waals surface area contributed by atoms with Crippen LogP contribution in [0.2, 0.25) is 0 Å². The Balaban J connectivity index is 1.57. The Labute approximate surface area is 200 Å². The molecule has 5 rings (SSSR count). The first-order valence-corrected chi connectivity index (χ1v) is 11.5. The highest BCUT2D eigenvalue weighted by Crippen LogP contribution is 2.51. The number of benzene rings is 4. The normalized spacial score (nSPS) is 14.1. The fraction of sp³-hybridized carbons (Fsp3) is 0.167. The zero-order valence-electron chi connectivity index (χ0n) is 19.1. The van der Waals surface area contributed by atoms with Crippen LogP contribution in [0.1, 0.15) is 22.3 Å². The molecule has 0 saturated carbocycles. The van der Waals surface area contributed by atoms with Crippen molar-refractivity contribution in [1.82, 2.24) is 5.32 Å². The summed E-state index contributed by atoms with van der Waals surface area (Å²) in [5.74, 6) is -0.356. The molecule has 4 aromatic rings. The minimum Gasteiger partial charge on any atom is -0.468 e. The number of carbonyl (C=O) groups excluding carboxylic acids is 1. The summed E-state index contributed by atoms with van der Waals surface area (Å²) >= 11 is 0. The van der Waals surface area contributed by atoms with Gasteiger partial charge in [0.05, 0.1) is 25.9 Å². The van der Waals surface area contributed by atoms with E-state index in [1.165, 1.54) is 7.11 Å². The van der Waals surface area contributed by atoms with Gasteiger partial charge in [0.15, 0.2) is 0 Å². The molecule has 0 spiro atoms. The van der Waals surface area contributed by atoms with Crippen molar-refractivity contribution in [2.24, 2.45) is 0 Å². The van der Waals surface area contributed by atoms with Gasteiger partial charge in [-0.1, -0.05) is 109 Å². The molecule has 0 amide bonds. The first kappa shape index (κ1) is 22.1. The molecule has 1 aliphatic carbocycles. The third-order valence-corrected chi connectivity index (χ3v) is 6.43. The molecule has 4 aromatic carbocycles. The highest BCUT2D eigenvalue weighted by molar-refractivity contribution is 5.84. The molecule has 0 saturated heterocycles. The van der Waals surface area contributed by atoms with Gasteiger partial charge in [-0.3, -0.25) is 10.1 Å². The van der Waals surface area contributed by atoms with Gasteiger partial charge in [0.1, 0.15) is 6.04 Å². The SMILES string of the molecule is COC(=O)[C@H](COCc1ccccc1)NC1(c2ccccc2)c2ccccc2-c2ccccc21. The third-order valence-electron chi connectivity index (χ3n) is 6.43. The molecule has 4 nitrogen and oxygen atoms in total. The lowest BCUT2D eigenvalue weighted by Crippen LogP contribution is -2.53. The second-order valence-corrected chi connectivity index (χ2v) is 8.43. The van der Waals surface area contributed by atoms with Gasteiger partial charge in [0.2, 0.25) is 0 Å². The van der Waals surface area contributed by atoms with E-state index in [9.17, 15) is 4.79 Å². The van der Waals surface area contributed by atoms with Crippen molar-refractivity contribution in [2.75, 3.05) is 13.7 Å². The number of fused-ring (bicyclic) bond motifs is 3. The van der Waals surface area contributed by atoms with E-state index < -0.39 is 11.6 Å². The van der Waals surface area contributed by atoms with Crippen LogP contribution in [0.5, 0.6) is 0 Å². The summed E-state index contributed by atoms with van der Waals surface area (Å²) in [6.45, 7) is 0.599. The van der Waals surface area contributed by atoms with Crippen LogP contribution >= 0.6 is 0 Å². The summed E-state index contributed by atoms with van der Waals surface area (Å²) in [6, 6.07) is 36.3. The van der Waals surface area contributed by atoms with Crippen LogP contribution in [0.3, 0.4) is 0 Å². The summed E-state index contributed by atoms with van der Waals surface area (Å²) in [4.78, 5) is 13.0. The van der Waals surface area contributed by atoms with Crippen LogP contribution in [0.25, 0.3) is 11.1 Å². The molecule has 1 N–H and O–H groups in total. The Morgan fingerprint density at radius 2 is 1.29 bits per heavy atom. The summed E-state index contributed by atoms with van der Waals surface area (Å²) in [5.41, 5.74) is 5.93. The molecule has 0 bridgehead atoms. The minimum absolute atomic E-state index is 0.181. The Bertz CT molecular complexity index is 1230. The average molecular weight is 450 g/mol. The molecule has 0 aliphatic heterocycles. The number of carbonyl (C=O) groups is 1. The van der Waals surface area contributed by atoms with Crippen LogP contribution in [0.4, 0.5) is 0 Å². The number of hydrogen-bond acceptors (Lipinski definition) is 4. The lowest BCUT2D eigenvalue weighted by atomic mass is 9.80. The van der Waals surface area contributed by atoms with E-state index >= 15 is 0 Å². The van der Waals surface area contributed by atoms with Gasteiger partial charge < -0.3 is 9.47 Å². The first-order chi connectivity index (χ1) is 16.7. The lowest BCUT2D eigenvalue weighted by molar-refractivity contribution is -0.145. The van der Waals surface area contributed by atoms with Gasteiger partial charge in [0.25, 0.3) is 0 Å². The van der Waals surface area contributed by atoms with Crippen molar-refractivity contribution >= 4 is 5.97 Å². The Hall–Kier alpha value is -3.73. The quantitative estimate of drug-likeness (QED) is 0.371. The van der Waals surface area contributed by atoms with Crippen LogP contribution in [0, 0.1) is 0 Å². The molecule has 0 unspecified atom stereocenters. The maximum atomic E-state index is 13.0. The van der Waals surface area contributed by atoms with Crippen molar-refractivity contribution in [3.05, 3.63) is 131 Å². The van der Waals surface area contributed by atoms with Crippen LogP contribution < -0.4 is 5.32 Å². The standard InChI is InChI=1S/C30H27NO3/c1-33-29(32)28(21-34-20-22-12-4-2-5-13-22)31-30(23-14-6-3-7-15-23)26-18-10-8-16-24(26)25-17-9-11-19-27(25)30/h2-19,28,31H,20-21H2,1H3/t28-/m0/s1. The van der Waals surface area contributed by atoms with Crippen molar-refractivity contribution in [3.63, 3.8) is 0 Å². The van der Waals surface area contributed by atoms with Crippen molar-refractivity contribution < 1.29 is 14.3 Å². The predicted octanol–water partition coefficient (Wildman–Crippen LogP) is 5.31. The largest absolute Gasteiger partial charge is 0.468 e. The Morgan fingerprint density at radius 3 is 1.88 bits per heavy atom. The molecule has 0 radical (unpaired) electrons. The highest BCUT2D eigenvalue weighted by atomic mass is 16.5. The van der Waals surface area contributed by atoms with Gasteiger partial charge in [0, 0.05) is 0 Å². The van der Waals surface area contributed by atoms with E-state index in [1.54, 1.807) is 0 Å². The smallest absolute Gasteiger partial charge is 0.325 e. The molecule has 4 heteroatoms. The van der Waals surface area contributed by atoms with E-state index in [2.05, 4.69) is 53.8 Å². The molecular formula is C30H27NO3. The van der Waals surface area contributed by atoms with Crippen LogP contribution in [-0.2, 0) is 26.4 Å². The van der Waals surface area contributed by atoms with Gasteiger partial charge in [-0.05, 0) is 33.4 Å². The molecular weight excluding hydrogens is 422 g/mol. The van der Waals surface area contributed by atoms with Crippen molar-refractivity contribution in [2.45, 2.75) is 18.2 Å². The summed E-state index contributed by atoms with van der Waals surface area (Å²) in [5, 5.41) is 3.70. The van der Waals surface area contributed by atoms with E-state index in [4.69, 9.17) is 9.47 Å². The Kier molecular flexibility index (Phi) is 6.26. The number of hydrogen-bond donors (Lipinski definition) is 1. The number of rotatable bonds is 8. The van der Waals surface area contributed by atoms with Gasteiger partial charge in [-0.25, -0.2) is 0 Å². The van der Waals surface area contributed by atoms with Gasteiger partial charge in [-0.15, -0.1) is 0 Å². The monoisotopic (exact) mass is 449 g/mol. The van der Waals surface area contributed by atoms with E-state index in [1.807, 2.05) is 60.7 Å². The number of methoxy groups -OCH3 is 1. The zero-order chi connectivity index (χ0) is 23.4. The second-order valence-electron chi connectivity index (χ2n) is 8.43. The van der Waals surface area contributed by atoms with Gasteiger partial charge in [-0.2, -0.15) is 0 Å². The molecule has 0 fully saturated rings. The van der Waals surface area contributed by atoms with E-state index in [0.717, 1.165) is 33.4 Å².